The smallest absolute Gasteiger partial charge is 0.0107 e. The molecule has 1 aliphatic rings. The van der Waals surface area contributed by atoms with Gasteiger partial charge >= 0.3 is 0 Å². The second-order valence-electron chi connectivity index (χ2n) is 3.40. The van der Waals surface area contributed by atoms with Gasteiger partial charge in [-0.15, -0.1) is 0 Å². The summed E-state index contributed by atoms with van der Waals surface area (Å²) in [7, 11) is 0. The quantitative estimate of drug-likeness (QED) is 0.669. The molecule has 1 aliphatic heterocycles. The predicted octanol–water partition coefficient (Wildman–Crippen LogP) is 1.38. The van der Waals surface area contributed by atoms with Crippen LogP contribution < -0.4 is 5.32 Å². The van der Waals surface area contributed by atoms with E-state index in [9.17, 15) is 0 Å². The molecule has 0 aromatic carbocycles. The SMILES string of the molecule is CCSCCNCCN1CCSCC1. The molecule has 1 fully saturated rings. The van der Waals surface area contributed by atoms with Crippen molar-refractivity contribution in [1.82, 2.24) is 10.2 Å². The zero-order chi connectivity index (χ0) is 10.1. The maximum Gasteiger partial charge on any atom is 0.0107 e. The van der Waals surface area contributed by atoms with E-state index in [-0.39, 0.29) is 0 Å². The van der Waals surface area contributed by atoms with Crippen LogP contribution in [0.15, 0.2) is 0 Å². The minimum absolute atomic E-state index is 1.16. The Morgan fingerprint density at radius 1 is 1.29 bits per heavy atom. The number of hydrogen-bond donors (Lipinski definition) is 1. The van der Waals surface area contributed by atoms with Crippen molar-refractivity contribution in [3.8, 4) is 0 Å². The lowest BCUT2D eigenvalue weighted by Gasteiger charge is -2.26. The van der Waals surface area contributed by atoms with Crippen LogP contribution in [0, 0.1) is 0 Å². The Bertz CT molecular complexity index is 127. The Morgan fingerprint density at radius 3 is 2.79 bits per heavy atom. The zero-order valence-electron chi connectivity index (χ0n) is 9.13. The van der Waals surface area contributed by atoms with Gasteiger partial charge in [-0.2, -0.15) is 23.5 Å². The van der Waals surface area contributed by atoms with E-state index in [2.05, 4.69) is 28.9 Å². The van der Waals surface area contributed by atoms with Gasteiger partial charge in [0.25, 0.3) is 0 Å². The molecular formula is C10H22N2S2. The Morgan fingerprint density at radius 2 is 2.07 bits per heavy atom. The summed E-state index contributed by atoms with van der Waals surface area (Å²) >= 11 is 4.10. The zero-order valence-corrected chi connectivity index (χ0v) is 10.8. The minimum Gasteiger partial charge on any atom is -0.315 e. The van der Waals surface area contributed by atoms with Crippen LogP contribution in [0.1, 0.15) is 6.92 Å². The van der Waals surface area contributed by atoms with Crippen LogP contribution >= 0.6 is 23.5 Å². The minimum atomic E-state index is 1.16. The number of nitrogens with one attached hydrogen (secondary N) is 1. The first-order valence-electron chi connectivity index (χ1n) is 5.52. The summed E-state index contributed by atoms with van der Waals surface area (Å²) in [6.45, 7) is 8.36. The lowest BCUT2D eigenvalue weighted by atomic mass is 10.4. The monoisotopic (exact) mass is 234 g/mol. The standard InChI is InChI=1S/C10H22N2S2/c1-2-13-8-4-11-3-5-12-6-9-14-10-7-12/h11H,2-10H2,1H3. The first kappa shape index (κ1) is 12.7. The highest BCUT2D eigenvalue weighted by Crippen LogP contribution is 2.07. The Labute approximate surface area is 96.6 Å². The first-order valence-corrected chi connectivity index (χ1v) is 7.83. The van der Waals surface area contributed by atoms with Gasteiger partial charge in [-0.3, -0.25) is 0 Å². The van der Waals surface area contributed by atoms with Gasteiger partial charge in [0.2, 0.25) is 0 Å². The topological polar surface area (TPSA) is 15.3 Å². The fourth-order valence-corrected chi connectivity index (χ4v) is 3.03. The molecule has 0 atom stereocenters. The molecule has 0 radical (unpaired) electrons. The van der Waals surface area contributed by atoms with Crippen LogP contribution in [-0.4, -0.2) is 60.6 Å². The highest BCUT2D eigenvalue weighted by molar-refractivity contribution is 7.99. The average Bonchev–Trinajstić information content (AvgIpc) is 2.25. The highest BCUT2D eigenvalue weighted by atomic mass is 32.2. The van der Waals surface area contributed by atoms with Gasteiger partial charge in [0.1, 0.15) is 0 Å². The molecule has 0 unspecified atom stereocenters. The van der Waals surface area contributed by atoms with Crippen molar-refractivity contribution in [3.63, 3.8) is 0 Å². The third-order valence-electron chi connectivity index (χ3n) is 2.34. The van der Waals surface area contributed by atoms with Crippen LogP contribution in [0.25, 0.3) is 0 Å². The lowest BCUT2D eigenvalue weighted by Crippen LogP contribution is -2.38. The van der Waals surface area contributed by atoms with Gasteiger partial charge in [0.15, 0.2) is 0 Å². The third kappa shape index (κ3) is 6.17. The molecule has 1 rings (SSSR count). The number of rotatable bonds is 7. The fraction of sp³-hybridized carbons (Fsp3) is 1.00. The molecule has 0 aliphatic carbocycles. The van der Waals surface area contributed by atoms with E-state index < -0.39 is 0 Å². The van der Waals surface area contributed by atoms with E-state index >= 15 is 0 Å². The molecule has 0 aromatic heterocycles. The van der Waals surface area contributed by atoms with Crippen LogP contribution in [0.4, 0.5) is 0 Å². The van der Waals surface area contributed by atoms with Gasteiger partial charge < -0.3 is 10.2 Å². The molecule has 0 amide bonds. The van der Waals surface area contributed by atoms with Crippen LogP contribution in [0.2, 0.25) is 0 Å². The number of hydrogen-bond acceptors (Lipinski definition) is 4. The highest BCUT2D eigenvalue weighted by Gasteiger charge is 2.08. The van der Waals surface area contributed by atoms with E-state index in [0.29, 0.717) is 0 Å². The lowest BCUT2D eigenvalue weighted by molar-refractivity contribution is 0.302. The summed E-state index contributed by atoms with van der Waals surface area (Å²) < 4.78 is 0. The van der Waals surface area contributed by atoms with Gasteiger partial charge in [-0.1, -0.05) is 6.92 Å². The van der Waals surface area contributed by atoms with E-state index in [1.807, 2.05) is 11.8 Å². The van der Waals surface area contributed by atoms with Gasteiger partial charge in [0.05, 0.1) is 0 Å². The van der Waals surface area contributed by atoms with Crippen molar-refractivity contribution in [2.75, 3.05) is 55.7 Å². The summed E-state index contributed by atoms with van der Waals surface area (Å²) in [5.74, 6) is 5.15. The molecule has 0 bridgehead atoms. The van der Waals surface area contributed by atoms with Gasteiger partial charge in [-0.25, -0.2) is 0 Å². The summed E-state index contributed by atoms with van der Waals surface area (Å²) in [4.78, 5) is 2.57. The molecule has 4 heteroatoms. The summed E-state index contributed by atoms with van der Waals surface area (Å²) in [5.41, 5.74) is 0. The molecular weight excluding hydrogens is 212 g/mol. The van der Waals surface area contributed by atoms with Gasteiger partial charge in [-0.05, 0) is 5.75 Å². The van der Waals surface area contributed by atoms with E-state index in [4.69, 9.17) is 0 Å². The van der Waals surface area contributed by atoms with Crippen molar-refractivity contribution >= 4 is 23.5 Å². The summed E-state index contributed by atoms with van der Waals surface area (Å²) in [6.07, 6.45) is 0. The average molecular weight is 234 g/mol. The normalized spacial score (nSPS) is 18.6. The molecule has 1 saturated heterocycles. The second-order valence-corrected chi connectivity index (χ2v) is 6.02. The molecule has 1 N–H and O–H groups in total. The summed E-state index contributed by atoms with van der Waals surface area (Å²) in [6, 6.07) is 0. The third-order valence-corrected chi connectivity index (χ3v) is 4.18. The molecule has 14 heavy (non-hydrogen) atoms. The van der Waals surface area contributed by atoms with Crippen molar-refractivity contribution in [3.05, 3.63) is 0 Å². The molecule has 1 heterocycles. The van der Waals surface area contributed by atoms with Crippen LogP contribution in [0.5, 0.6) is 0 Å². The van der Waals surface area contributed by atoms with Crippen molar-refractivity contribution in [1.29, 1.82) is 0 Å². The fourth-order valence-electron chi connectivity index (χ4n) is 1.48. The first-order chi connectivity index (χ1) is 6.93. The number of thioether (sulfide) groups is 2. The van der Waals surface area contributed by atoms with Crippen LogP contribution in [-0.2, 0) is 0 Å². The molecule has 2 nitrogen and oxygen atoms in total. The van der Waals surface area contributed by atoms with E-state index in [0.717, 1.165) is 6.54 Å². The maximum absolute atomic E-state index is 3.50. The molecule has 0 spiro atoms. The summed E-state index contributed by atoms with van der Waals surface area (Å²) in [5, 5.41) is 3.50. The number of nitrogens with zero attached hydrogens (tertiary/aromatic N) is 1. The van der Waals surface area contributed by atoms with Crippen molar-refractivity contribution in [2.45, 2.75) is 6.92 Å². The largest absolute Gasteiger partial charge is 0.315 e. The van der Waals surface area contributed by atoms with E-state index in [1.165, 1.54) is 49.2 Å². The molecule has 84 valence electrons. The van der Waals surface area contributed by atoms with Crippen molar-refractivity contribution in [2.24, 2.45) is 0 Å². The Kier molecular flexibility index (Phi) is 8.06. The van der Waals surface area contributed by atoms with Gasteiger partial charge in [0, 0.05) is 50.0 Å². The van der Waals surface area contributed by atoms with Crippen molar-refractivity contribution < 1.29 is 0 Å². The van der Waals surface area contributed by atoms with Crippen LogP contribution in [0.3, 0.4) is 0 Å². The Balaban J connectivity index is 1.82. The second kappa shape index (κ2) is 8.89. The maximum atomic E-state index is 3.50. The van der Waals surface area contributed by atoms with E-state index in [1.54, 1.807) is 0 Å². The molecule has 0 saturated carbocycles. The predicted molar refractivity (Wildman–Crippen MR) is 69.6 cm³/mol. The molecule has 0 aromatic rings. The Hall–Kier alpha value is 0.620.